The zero-order chi connectivity index (χ0) is 18.1. The van der Waals surface area contributed by atoms with Crippen LogP contribution in [0.2, 0.25) is 0 Å². The summed E-state index contributed by atoms with van der Waals surface area (Å²) in [4.78, 5) is 32.3. The second kappa shape index (κ2) is 7.21. The van der Waals surface area contributed by atoms with E-state index in [0.29, 0.717) is 31.5 Å². The highest BCUT2D eigenvalue weighted by atomic mass is 16.2. The summed E-state index contributed by atoms with van der Waals surface area (Å²) in [5, 5.41) is 0.734. The SMILES string of the molecule is NCCN1C(=O)CC[C@H]2CN(Cc3cc(=O)c4ccccc4[nH]3)CC[C@H]21. The van der Waals surface area contributed by atoms with Crippen LogP contribution in [0.15, 0.2) is 35.1 Å². The van der Waals surface area contributed by atoms with Crippen LogP contribution >= 0.6 is 0 Å². The summed E-state index contributed by atoms with van der Waals surface area (Å²) in [6.45, 7) is 3.83. The van der Waals surface area contributed by atoms with Crippen molar-refractivity contribution in [3.8, 4) is 0 Å². The van der Waals surface area contributed by atoms with Crippen molar-refractivity contribution in [2.24, 2.45) is 11.7 Å². The summed E-state index contributed by atoms with van der Waals surface area (Å²) in [6.07, 6.45) is 2.56. The number of carbonyl (C=O) groups is 1. The van der Waals surface area contributed by atoms with Gasteiger partial charge in [-0.25, -0.2) is 0 Å². The number of aromatic nitrogens is 1. The van der Waals surface area contributed by atoms with E-state index in [1.807, 2.05) is 29.2 Å². The third kappa shape index (κ3) is 3.27. The van der Waals surface area contributed by atoms with Crippen LogP contribution in [-0.2, 0) is 11.3 Å². The Balaban J connectivity index is 1.48. The van der Waals surface area contributed by atoms with Crippen LogP contribution in [0.5, 0.6) is 0 Å². The van der Waals surface area contributed by atoms with Gasteiger partial charge in [-0.1, -0.05) is 12.1 Å². The molecule has 1 aromatic heterocycles. The van der Waals surface area contributed by atoms with Gasteiger partial charge in [-0.2, -0.15) is 0 Å². The predicted octanol–water partition coefficient (Wildman–Crippen LogP) is 1.30. The van der Waals surface area contributed by atoms with Crippen molar-refractivity contribution in [3.63, 3.8) is 0 Å². The molecule has 0 spiro atoms. The van der Waals surface area contributed by atoms with Gasteiger partial charge in [0.1, 0.15) is 0 Å². The molecule has 4 rings (SSSR count). The van der Waals surface area contributed by atoms with Crippen LogP contribution < -0.4 is 11.2 Å². The third-order valence-corrected chi connectivity index (χ3v) is 5.78. The summed E-state index contributed by atoms with van der Waals surface area (Å²) in [7, 11) is 0. The van der Waals surface area contributed by atoms with Gasteiger partial charge in [0.15, 0.2) is 5.43 Å². The molecule has 6 heteroatoms. The van der Waals surface area contributed by atoms with E-state index in [-0.39, 0.29) is 11.3 Å². The number of piperidine rings is 2. The molecule has 6 nitrogen and oxygen atoms in total. The van der Waals surface area contributed by atoms with Gasteiger partial charge in [-0.05, 0) is 30.9 Å². The number of H-pyrrole nitrogens is 1. The highest BCUT2D eigenvalue weighted by Crippen LogP contribution is 2.31. The summed E-state index contributed by atoms with van der Waals surface area (Å²) in [5.41, 5.74) is 7.61. The molecule has 2 fully saturated rings. The highest BCUT2D eigenvalue weighted by molar-refractivity contribution is 5.78. The number of nitrogens with one attached hydrogen (secondary N) is 1. The first kappa shape index (κ1) is 17.2. The number of fused-ring (bicyclic) bond motifs is 2. The first-order chi connectivity index (χ1) is 12.7. The molecule has 3 heterocycles. The smallest absolute Gasteiger partial charge is 0.222 e. The van der Waals surface area contributed by atoms with Crippen molar-refractivity contribution >= 4 is 16.8 Å². The lowest BCUT2D eigenvalue weighted by Gasteiger charge is -2.47. The first-order valence-corrected chi connectivity index (χ1v) is 9.48. The molecule has 2 aromatic rings. The van der Waals surface area contributed by atoms with Gasteiger partial charge in [0.25, 0.3) is 0 Å². The zero-order valence-corrected chi connectivity index (χ0v) is 15.0. The van der Waals surface area contributed by atoms with Crippen molar-refractivity contribution < 1.29 is 4.79 Å². The Kier molecular flexibility index (Phi) is 4.78. The normalized spacial score (nSPS) is 24.0. The van der Waals surface area contributed by atoms with Crippen LogP contribution in [0.1, 0.15) is 25.0 Å². The van der Waals surface area contributed by atoms with Crippen molar-refractivity contribution in [2.75, 3.05) is 26.2 Å². The minimum atomic E-state index is 0.0709. The van der Waals surface area contributed by atoms with Crippen molar-refractivity contribution in [1.29, 1.82) is 0 Å². The summed E-state index contributed by atoms with van der Waals surface area (Å²) in [5.74, 6) is 0.754. The molecular weight excluding hydrogens is 328 g/mol. The Morgan fingerprint density at radius 1 is 1.19 bits per heavy atom. The Morgan fingerprint density at radius 2 is 2.04 bits per heavy atom. The fraction of sp³-hybridized carbons (Fsp3) is 0.500. The Bertz CT molecular complexity index is 862. The van der Waals surface area contributed by atoms with Crippen molar-refractivity contribution in [1.82, 2.24) is 14.8 Å². The number of likely N-dealkylation sites (tertiary alicyclic amines) is 2. The summed E-state index contributed by atoms with van der Waals surface area (Å²) < 4.78 is 0. The molecule has 0 bridgehead atoms. The van der Waals surface area contributed by atoms with E-state index in [9.17, 15) is 9.59 Å². The minimum absolute atomic E-state index is 0.0709. The van der Waals surface area contributed by atoms with E-state index >= 15 is 0 Å². The third-order valence-electron chi connectivity index (χ3n) is 5.78. The van der Waals surface area contributed by atoms with Gasteiger partial charge >= 0.3 is 0 Å². The van der Waals surface area contributed by atoms with Crippen LogP contribution in [0, 0.1) is 5.92 Å². The van der Waals surface area contributed by atoms with Gasteiger partial charge in [0, 0.05) is 67.8 Å². The number of nitrogens with two attached hydrogens (primary N) is 1. The average Bonchev–Trinajstić information content (AvgIpc) is 2.64. The summed E-state index contributed by atoms with van der Waals surface area (Å²) >= 11 is 0. The molecule has 0 saturated carbocycles. The molecule has 26 heavy (non-hydrogen) atoms. The number of rotatable bonds is 4. The van der Waals surface area contributed by atoms with Crippen molar-refractivity contribution in [2.45, 2.75) is 31.8 Å². The van der Waals surface area contributed by atoms with E-state index in [2.05, 4.69) is 9.88 Å². The van der Waals surface area contributed by atoms with Crippen LogP contribution in [0.25, 0.3) is 10.9 Å². The number of pyridine rings is 1. The molecule has 2 aliphatic rings. The molecule has 0 unspecified atom stereocenters. The fourth-order valence-electron chi connectivity index (χ4n) is 4.58. The van der Waals surface area contributed by atoms with Gasteiger partial charge in [0.2, 0.25) is 5.91 Å². The molecule has 2 atom stereocenters. The molecule has 0 aliphatic carbocycles. The number of hydrogen-bond donors (Lipinski definition) is 2. The van der Waals surface area contributed by atoms with Crippen molar-refractivity contribution in [3.05, 3.63) is 46.2 Å². The molecular formula is C20H26N4O2. The van der Waals surface area contributed by atoms with E-state index in [1.165, 1.54) is 0 Å². The number of benzene rings is 1. The van der Waals surface area contributed by atoms with E-state index < -0.39 is 0 Å². The second-order valence-corrected chi connectivity index (χ2v) is 7.47. The lowest BCUT2D eigenvalue weighted by molar-refractivity contribution is -0.141. The average molecular weight is 354 g/mol. The molecule has 2 aliphatic heterocycles. The van der Waals surface area contributed by atoms with Gasteiger partial charge in [-0.15, -0.1) is 0 Å². The summed E-state index contributed by atoms with van der Waals surface area (Å²) in [6, 6.07) is 9.68. The van der Waals surface area contributed by atoms with Gasteiger partial charge < -0.3 is 15.6 Å². The number of aromatic amines is 1. The lowest BCUT2D eigenvalue weighted by Crippen LogP contribution is -2.56. The van der Waals surface area contributed by atoms with E-state index in [4.69, 9.17) is 5.73 Å². The maximum atomic E-state index is 12.3. The molecule has 138 valence electrons. The first-order valence-electron chi connectivity index (χ1n) is 9.48. The van der Waals surface area contributed by atoms with Gasteiger partial charge in [-0.3, -0.25) is 14.5 Å². The number of hydrogen-bond acceptors (Lipinski definition) is 4. The standard InChI is InChI=1S/C20H26N4O2/c21-8-10-24-18-7-9-23(12-14(18)5-6-20(24)26)13-15-11-19(25)16-3-1-2-4-17(16)22-15/h1-4,11,14,18H,5-10,12-13,21H2,(H,22,25)/t14-,18+/m0/s1. The molecule has 3 N–H and O–H groups in total. The molecule has 0 radical (unpaired) electrons. The lowest BCUT2D eigenvalue weighted by atomic mass is 9.83. The van der Waals surface area contributed by atoms with E-state index in [1.54, 1.807) is 6.07 Å². The maximum absolute atomic E-state index is 12.3. The Morgan fingerprint density at radius 3 is 2.88 bits per heavy atom. The number of carbonyl (C=O) groups excluding carboxylic acids is 1. The van der Waals surface area contributed by atoms with Crippen LogP contribution in [-0.4, -0.2) is 52.9 Å². The zero-order valence-electron chi connectivity index (χ0n) is 15.0. The molecule has 1 amide bonds. The van der Waals surface area contributed by atoms with Crippen LogP contribution in [0.4, 0.5) is 0 Å². The van der Waals surface area contributed by atoms with Gasteiger partial charge in [0.05, 0.1) is 0 Å². The number of nitrogens with zero attached hydrogens (tertiary/aromatic N) is 2. The Labute approximate surface area is 153 Å². The largest absolute Gasteiger partial charge is 0.357 e. The quantitative estimate of drug-likeness (QED) is 0.867. The van der Waals surface area contributed by atoms with E-state index in [0.717, 1.165) is 49.1 Å². The number of para-hydroxylation sites is 1. The monoisotopic (exact) mass is 354 g/mol. The Hall–Kier alpha value is -2.18. The topological polar surface area (TPSA) is 82.4 Å². The predicted molar refractivity (Wildman–Crippen MR) is 102 cm³/mol. The second-order valence-electron chi connectivity index (χ2n) is 7.47. The number of amides is 1. The maximum Gasteiger partial charge on any atom is 0.222 e. The fourth-order valence-corrected chi connectivity index (χ4v) is 4.58. The molecule has 1 aromatic carbocycles. The minimum Gasteiger partial charge on any atom is -0.357 e. The van der Waals surface area contributed by atoms with Crippen LogP contribution in [0.3, 0.4) is 0 Å². The molecule has 2 saturated heterocycles. The highest BCUT2D eigenvalue weighted by Gasteiger charge is 2.38.